The maximum Gasteiger partial charge on any atom is 0.271 e. The topological polar surface area (TPSA) is 75.5 Å². The Morgan fingerprint density at radius 1 is 0.812 bits per heavy atom. The van der Waals surface area contributed by atoms with Gasteiger partial charge in [-0.25, -0.2) is 8.42 Å². The Labute approximate surface area is 189 Å². The average Bonchev–Trinajstić information content (AvgIpc) is 3.03. The van der Waals surface area contributed by atoms with Gasteiger partial charge in [-0.2, -0.15) is 8.99 Å². The minimum absolute atomic E-state index is 0.199. The molecule has 168 valence electrons. The van der Waals surface area contributed by atoms with Crippen molar-refractivity contribution in [2.75, 3.05) is 31.1 Å². The van der Waals surface area contributed by atoms with Crippen LogP contribution in [0.25, 0.3) is 5.69 Å². The quantitative estimate of drug-likeness (QED) is 0.608. The molecule has 0 saturated carbocycles. The molecule has 0 amide bonds. The number of benzene rings is 2. The van der Waals surface area contributed by atoms with E-state index < -0.39 is 10.0 Å². The van der Waals surface area contributed by atoms with Gasteiger partial charge < -0.3 is 4.90 Å². The highest BCUT2D eigenvalue weighted by molar-refractivity contribution is 7.89. The summed E-state index contributed by atoms with van der Waals surface area (Å²) in [6, 6.07) is 16.0. The van der Waals surface area contributed by atoms with Gasteiger partial charge >= 0.3 is 0 Å². The Kier molecular flexibility index (Phi) is 6.17. The van der Waals surface area contributed by atoms with Gasteiger partial charge in [-0.15, -0.1) is 5.10 Å². The van der Waals surface area contributed by atoms with Crippen LogP contribution in [0.1, 0.15) is 23.1 Å². The van der Waals surface area contributed by atoms with Gasteiger partial charge in [0.1, 0.15) is 5.82 Å². The SMILES string of the molecule is Cc1ccc(S(=O)(=O)N2CCCN(c3ccc(=O)n(-c4ccc(C)c(C)c4)n3)CC2)cc1. The van der Waals surface area contributed by atoms with Crippen LogP contribution in [0, 0.1) is 20.8 Å². The normalized spacial score (nSPS) is 15.5. The standard InChI is InChI=1S/C24H28N4O3S/c1-18-5-9-22(10-6-18)32(30,31)27-14-4-13-26(15-16-27)23-11-12-24(29)28(25-23)21-8-7-19(2)20(3)17-21/h5-12,17H,4,13-16H2,1-3H3. The zero-order valence-electron chi connectivity index (χ0n) is 18.7. The summed E-state index contributed by atoms with van der Waals surface area (Å²) in [7, 11) is -3.54. The van der Waals surface area contributed by atoms with Crippen LogP contribution < -0.4 is 10.5 Å². The van der Waals surface area contributed by atoms with Crippen LogP contribution in [0.2, 0.25) is 0 Å². The number of nitrogens with zero attached hydrogens (tertiary/aromatic N) is 4. The molecular weight excluding hydrogens is 424 g/mol. The maximum absolute atomic E-state index is 13.1. The molecule has 7 nitrogen and oxygen atoms in total. The van der Waals surface area contributed by atoms with Crippen molar-refractivity contribution >= 4 is 15.8 Å². The number of rotatable bonds is 4. The van der Waals surface area contributed by atoms with Crippen LogP contribution in [-0.4, -0.2) is 48.7 Å². The Bertz CT molecular complexity index is 1280. The van der Waals surface area contributed by atoms with E-state index >= 15 is 0 Å². The van der Waals surface area contributed by atoms with E-state index in [2.05, 4.69) is 5.10 Å². The lowest BCUT2D eigenvalue weighted by molar-refractivity contribution is 0.433. The molecule has 1 aliphatic heterocycles. The second kappa shape index (κ2) is 8.88. The van der Waals surface area contributed by atoms with E-state index in [-0.39, 0.29) is 5.56 Å². The van der Waals surface area contributed by atoms with Gasteiger partial charge in [0.05, 0.1) is 10.6 Å². The molecule has 3 aromatic rings. The third-order valence-corrected chi connectivity index (χ3v) is 7.87. The predicted octanol–water partition coefficient (Wildman–Crippen LogP) is 3.06. The summed E-state index contributed by atoms with van der Waals surface area (Å²) in [5.74, 6) is 0.664. The first-order valence-electron chi connectivity index (χ1n) is 10.8. The average molecular weight is 453 g/mol. The molecule has 2 heterocycles. The Hall–Kier alpha value is -2.97. The van der Waals surface area contributed by atoms with Crippen LogP contribution in [0.4, 0.5) is 5.82 Å². The summed E-state index contributed by atoms with van der Waals surface area (Å²) in [5.41, 5.74) is 3.79. The highest BCUT2D eigenvalue weighted by Crippen LogP contribution is 2.20. The molecule has 0 aliphatic carbocycles. The summed E-state index contributed by atoms with van der Waals surface area (Å²) in [5, 5.41) is 4.60. The zero-order valence-corrected chi connectivity index (χ0v) is 19.5. The molecule has 1 fully saturated rings. The fourth-order valence-electron chi connectivity index (χ4n) is 3.84. The lowest BCUT2D eigenvalue weighted by Gasteiger charge is -2.23. The first-order chi connectivity index (χ1) is 15.3. The van der Waals surface area contributed by atoms with Gasteiger partial charge in [0.2, 0.25) is 10.0 Å². The largest absolute Gasteiger partial charge is 0.354 e. The van der Waals surface area contributed by atoms with E-state index in [4.69, 9.17) is 0 Å². The maximum atomic E-state index is 13.1. The smallest absolute Gasteiger partial charge is 0.271 e. The molecular formula is C24H28N4O3S. The molecule has 1 saturated heterocycles. The van der Waals surface area contributed by atoms with Gasteiger partial charge in [-0.3, -0.25) is 4.79 Å². The van der Waals surface area contributed by atoms with Crippen molar-refractivity contribution in [3.8, 4) is 5.69 Å². The van der Waals surface area contributed by atoms with Gasteiger partial charge in [0.15, 0.2) is 0 Å². The number of hydrogen-bond donors (Lipinski definition) is 0. The zero-order chi connectivity index (χ0) is 22.9. The number of aryl methyl sites for hydroxylation is 3. The van der Waals surface area contributed by atoms with E-state index in [1.165, 1.54) is 15.1 Å². The van der Waals surface area contributed by atoms with Gasteiger partial charge in [-0.05, 0) is 68.7 Å². The molecule has 8 heteroatoms. The summed E-state index contributed by atoms with van der Waals surface area (Å²) in [6.45, 7) is 7.95. The summed E-state index contributed by atoms with van der Waals surface area (Å²) >= 11 is 0. The van der Waals surface area contributed by atoms with Crippen LogP contribution in [0.15, 0.2) is 64.3 Å². The summed E-state index contributed by atoms with van der Waals surface area (Å²) in [6.07, 6.45) is 0.676. The predicted molar refractivity (Wildman–Crippen MR) is 126 cm³/mol. The number of aromatic nitrogens is 2. The summed E-state index contributed by atoms with van der Waals surface area (Å²) < 4.78 is 29.1. The second-order valence-corrected chi connectivity index (χ2v) is 10.2. The first-order valence-corrected chi connectivity index (χ1v) is 12.2. The molecule has 4 rings (SSSR count). The molecule has 32 heavy (non-hydrogen) atoms. The molecule has 0 N–H and O–H groups in total. The molecule has 1 aliphatic rings. The monoisotopic (exact) mass is 452 g/mol. The van der Waals surface area contributed by atoms with Crippen molar-refractivity contribution in [2.24, 2.45) is 0 Å². The van der Waals surface area contributed by atoms with Crippen molar-refractivity contribution in [2.45, 2.75) is 32.1 Å². The van der Waals surface area contributed by atoms with Crippen molar-refractivity contribution in [1.82, 2.24) is 14.1 Å². The van der Waals surface area contributed by atoms with E-state index in [1.54, 1.807) is 18.2 Å². The highest BCUT2D eigenvalue weighted by Gasteiger charge is 2.27. The molecule has 0 unspecified atom stereocenters. The number of sulfonamides is 1. The number of hydrogen-bond acceptors (Lipinski definition) is 5. The molecule has 0 spiro atoms. The first kappa shape index (κ1) is 22.2. The van der Waals surface area contributed by atoms with Gasteiger partial charge in [-0.1, -0.05) is 23.8 Å². The van der Waals surface area contributed by atoms with Crippen molar-refractivity contribution < 1.29 is 8.42 Å². The van der Waals surface area contributed by atoms with Crippen molar-refractivity contribution in [1.29, 1.82) is 0 Å². The minimum atomic E-state index is -3.54. The van der Waals surface area contributed by atoms with Crippen LogP contribution in [0.5, 0.6) is 0 Å². The van der Waals surface area contributed by atoms with E-state index in [1.807, 2.05) is 56.0 Å². The highest BCUT2D eigenvalue weighted by atomic mass is 32.2. The van der Waals surface area contributed by atoms with Crippen LogP contribution in [0.3, 0.4) is 0 Å². The Morgan fingerprint density at radius 3 is 2.28 bits per heavy atom. The van der Waals surface area contributed by atoms with Crippen LogP contribution >= 0.6 is 0 Å². The second-order valence-electron chi connectivity index (χ2n) is 8.27. The summed E-state index contributed by atoms with van der Waals surface area (Å²) in [4.78, 5) is 14.8. The lowest BCUT2D eigenvalue weighted by atomic mass is 10.1. The molecule has 0 radical (unpaired) electrons. The van der Waals surface area contributed by atoms with Crippen molar-refractivity contribution in [3.05, 3.63) is 81.6 Å². The minimum Gasteiger partial charge on any atom is -0.354 e. The van der Waals surface area contributed by atoms with E-state index in [9.17, 15) is 13.2 Å². The molecule has 0 bridgehead atoms. The van der Waals surface area contributed by atoms with Gasteiger partial charge in [0.25, 0.3) is 5.56 Å². The molecule has 2 aromatic carbocycles. The third-order valence-electron chi connectivity index (χ3n) is 5.96. The number of anilines is 1. The third kappa shape index (κ3) is 4.47. The molecule has 0 atom stereocenters. The fraction of sp³-hybridized carbons (Fsp3) is 0.333. The molecule has 1 aromatic heterocycles. The lowest BCUT2D eigenvalue weighted by Crippen LogP contribution is -2.36. The Balaban J connectivity index is 1.56. The van der Waals surface area contributed by atoms with Crippen molar-refractivity contribution in [3.63, 3.8) is 0 Å². The van der Waals surface area contributed by atoms with Gasteiger partial charge in [0, 0.05) is 32.2 Å². The Morgan fingerprint density at radius 2 is 1.56 bits per heavy atom. The fourth-order valence-corrected chi connectivity index (χ4v) is 5.30. The van der Waals surface area contributed by atoms with E-state index in [0.717, 1.165) is 22.4 Å². The van der Waals surface area contributed by atoms with E-state index in [0.29, 0.717) is 43.3 Å². The van der Waals surface area contributed by atoms with Crippen LogP contribution in [-0.2, 0) is 10.0 Å².